The van der Waals surface area contributed by atoms with Crippen LogP contribution in [0.3, 0.4) is 0 Å². The Labute approximate surface area is 82.4 Å². The molecule has 13 heavy (non-hydrogen) atoms. The molecular weight excluding hydrogens is 156 g/mol. The second-order valence-corrected chi connectivity index (χ2v) is 4.75. The van der Waals surface area contributed by atoms with Crippen LogP contribution in [-0.4, -0.2) is 0 Å². The van der Waals surface area contributed by atoms with Crippen LogP contribution in [0.5, 0.6) is 0 Å². The zero-order valence-electron chi connectivity index (χ0n) is 9.05. The molecule has 2 aliphatic rings. The molecule has 0 aliphatic heterocycles. The number of hydrogen-bond acceptors (Lipinski definition) is 0. The first kappa shape index (κ1) is 9.30. The quantitative estimate of drug-likeness (QED) is 0.557. The molecular formula is C13H22. The Morgan fingerprint density at radius 3 is 2.92 bits per heavy atom. The highest BCUT2D eigenvalue weighted by Gasteiger charge is 2.41. The lowest BCUT2D eigenvalue weighted by Gasteiger charge is -2.45. The minimum Gasteiger partial charge on any atom is -0.0850 e. The SMILES string of the molecule is CCC1=CCCCC2CC(CC)C12. The molecule has 0 bridgehead atoms. The topological polar surface area (TPSA) is 0 Å². The van der Waals surface area contributed by atoms with Gasteiger partial charge in [-0.25, -0.2) is 0 Å². The summed E-state index contributed by atoms with van der Waals surface area (Å²) in [4.78, 5) is 0. The molecule has 0 aromatic carbocycles. The smallest absolute Gasteiger partial charge is 0.0147 e. The minimum atomic E-state index is 0.998. The molecule has 2 rings (SSSR count). The van der Waals surface area contributed by atoms with Gasteiger partial charge in [-0.1, -0.05) is 31.9 Å². The summed E-state index contributed by atoms with van der Waals surface area (Å²) in [7, 11) is 0. The second-order valence-electron chi connectivity index (χ2n) is 4.75. The van der Waals surface area contributed by atoms with Crippen molar-refractivity contribution in [3.05, 3.63) is 11.6 Å². The van der Waals surface area contributed by atoms with Gasteiger partial charge in [-0.2, -0.15) is 0 Å². The normalized spacial score (nSPS) is 38.6. The van der Waals surface area contributed by atoms with Crippen molar-refractivity contribution in [1.29, 1.82) is 0 Å². The molecule has 3 atom stereocenters. The van der Waals surface area contributed by atoms with Crippen LogP contribution in [-0.2, 0) is 0 Å². The van der Waals surface area contributed by atoms with E-state index < -0.39 is 0 Å². The lowest BCUT2D eigenvalue weighted by atomic mass is 9.59. The highest BCUT2D eigenvalue weighted by molar-refractivity contribution is 5.15. The third-order valence-electron chi connectivity index (χ3n) is 4.17. The summed E-state index contributed by atoms with van der Waals surface area (Å²) in [5.74, 6) is 3.10. The third kappa shape index (κ3) is 1.56. The molecule has 1 saturated carbocycles. The van der Waals surface area contributed by atoms with Crippen LogP contribution in [0.1, 0.15) is 52.4 Å². The molecule has 0 radical (unpaired) electrons. The van der Waals surface area contributed by atoms with Gasteiger partial charge in [0, 0.05) is 0 Å². The van der Waals surface area contributed by atoms with E-state index in [2.05, 4.69) is 19.9 Å². The van der Waals surface area contributed by atoms with Crippen molar-refractivity contribution in [2.75, 3.05) is 0 Å². The predicted octanol–water partition coefficient (Wildman–Crippen LogP) is 4.17. The Morgan fingerprint density at radius 1 is 1.38 bits per heavy atom. The predicted molar refractivity (Wildman–Crippen MR) is 57.6 cm³/mol. The molecule has 0 saturated heterocycles. The van der Waals surface area contributed by atoms with Crippen LogP contribution < -0.4 is 0 Å². The molecule has 0 heteroatoms. The molecule has 74 valence electrons. The second kappa shape index (κ2) is 3.86. The molecule has 0 heterocycles. The van der Waals surface area contributed by atoms with Crippen molar-refractivity contribution in [1.82, 2.24) is 0 Å². The van der Waals surface area contributed by atoms with Gasteiger partial charge in [-0.15, -0.1) is 0 Å². The van der Waals surface area contributed by atoms with Gasteiger partial charge in [-0.3, -0.25) is 0 Å². The maximum atomic E-state index is 2.55. The molecule has 0 spiro atoms. The summed E-state index contributed by atoms with van der Waals surface area (Å²) in [6.07, 6.45) is 11.1. The van der Waals surface area contributed by atoms with Crippen LogP contribution in [0.2, 0.25) is 0 Å². The Hall–Kier alpha value is -0.260. The van der Waals surface area contributed by atoms with Crippen molar-refractivity contribution in [2.45, 2.75) is 52.4 Å². The first-order chi connectivity index (χ1) is 6.36. The van der Waals surface area contributed by atoms with Gasteiger partial charge in [0.1, 0.15) is 0 Å². The Morgan fingerprint density at radius 2 is 2.23 bits per heavy atom. The van der Waals surface area contributed by atoms with Crippen LogP contribution in [0.25, 0.3) is 0 Å². The lowest BCUT2D eigenvalue weighted by Crippen LogP contribution is -2.36. The average Bonchev–Trinajstić information content (AvgIpc) is 2.27. The number of hydrogen-bond donors (Lipinski definition) is 0. The van der Waals surface area contributed by atoms with E-state index in [0.717, 1.165) is 17.8 Å². The fraction of sp³-hybridized carbons (Fsp3) is 0.846. The Bertz CT molecular complexity index is 202. The molecule has 0 aromatic heterocycles. The molecule has 3 unspecified atom stereocenters. The largest absolute Gasteiger partial charge is 0.0850 e. The Kier molecular flexibility index (Phi) is 2.76. The van der Waals surface area contributed by atoms with Crippen molar-refractivity contribution in [3.8, 4) is 0 Å². The maximum absolute atomic E-state index is 2.55. The van der Waals surface area contributed by atoms with E-state index in [1.54, 1.807) is 5.57 Å². The maximum Gasteiger partial charge on any atom is -0.0147 e. The van der Waals surface area contributed by atoms with Gasteiger partial charge in [0.15, 0.2) is 0 Å². The highest BCUT2D eigenvalue weighted by atomic mass is 14.5. The van der Waals surface area contributed by atoms with Crippen LogP contribution in [0, 0.1) is 17.8 Å². The van der Waals surface area contributed by atoms with Crippen LogP contribution >= 0.6 is 0 Å². The average molecular weight is 178 g/mol. The molecule has 2 aliphatic carbocycles. The summed E-state index contributed by atoms with van der Waals surface area (Å²) in [5.41, 5.74) is 1.79. The molecule has 0 amide bonds. The molecule has 1 fully saturated rings. The van der Waals surface area contributed by atoms with Gasteiger partial charge < -0.3 is 0 Å². The fourth-order valence-corrected chi connectivity index (χ4v) is 3.38. The minimum absolute atomic E-state index is 0.998. The van der Waals surface area contributed by atoms with Crippen molar-refractivity contribution in [3.63, 3.8) is 0 Å². The van der Waals surface area contributed by atoms with Crippen molar-refractivity contribution in [2.24, 2.45) is 17.8 Å². The monoisotopic (exact) mass is 178 g/mol. The Balaban J connectivity index is 2.10. The number of allylic oxidation sites excluding steroid dienone is 2. The first-order valence-electron chi connectivity index (χ1n) is 6.05. The van der Waals surface area contributed by atoms with Gasteiger partial charge in [0.2, 0.25) is 0 Å². The van der Waals surface area contributed by atoms with Crippen LogP contribution in [0.15, 0.2) is 11.6 Å². The van der Waals surface area contributed by atoms with Crippen molar-refractivity contribution >= 4 is 0 Å². The van der Waals surface area contributed by atoms with Gasteiger partial charge in [-0.05, 0) is 49.9 Å². The first-order valence-corrected chi connectivity index (χ1v) is 6.05. The van der Waals surface area contributed by atoms with E-state index in [1.165, 1.54) is 38.5 Å². The highest BCUT2D eigenvalue weighted by Crippen LogP contribution is 2.51. The summed E-state index contributed by atoms with van der Waals surface area (Å²) in [6, 6.07) is 0. The van der Waals surface area contributed by atoms with E-state index in [9.17, 15) is 0 Å². The van der Waals surface area contributed by atoms with E-state index >= 15 is 0 Å². The zero-order valence-corrected chi connectivity index (χ0v) is 9.05. The fourth-order valence-electron chi connectivity index (χ4n) is 3.38. The number of fused-ring (bicyclic) bond motifs is 1. The molecule has 0 aromatic rings. The van der Waals surface area contributed by atoms with Crippen molar-refractivity contribution < 1.29 is 0 Å². The third-order valence-corrected chi connectivity index (χ3v) is 4.17. The summed E-state index contributed by atoms with van der Waals surface area (Å²) < 4.78 is 0. The summed E-state index contributed by atoms with van der Waals surface area (Å²) in [6.45, 7) is 4.69. The standard InChI is InChI=1S/C13H22/c1-3-10-7-5-6-8-12-9-11(4-2)13(10)12/h7,11-13H,3-6,8-9H2,1-2H3. The number of rotatable bonds is 2. The van der Waals surface area contributed by atoms with Gasteiger partial charge in [0.05, 0.1) is 0 Å². The van der Waals surface area contributed by atoms with E-state index in [0.29, 0.717) is 0 Å². The molecule has 0 N–H and O–H groups in total. The lowest BCUT2D eigenvalue weighted by molar-refractivity contribution is 0.0913. The summed E-state index contributed by atoms with van der Waals surface area (Å²) in [5, 5.41) is 0. The van der Waals surface area contributed by atoms with E-state index in [1.807, 2.05) is 0 Å². The van der Waals surface area contributed by atoms with E-state index in [-0.39, 0.29) is 0 Å². The summed E-state index contributed by atoms with van der Waals surface area (Å²) >= 11 is 0. The van der Waals surface area contributed by atoms with Crippen LogP contribution in [0.4, 0.5) is 0 Å². The van der Waals surface area contributed by atoms with Gasteiger partial charge >= 0.3 is 0 Å². The zero-order chi connectivity index (χ0) is 9.26. The van der Waals surface area contributed by atoms with Gasteiger partial charge in [0.25, 0.3) is 0 Å². The molecule has 0 nitrogen and oxygen atoms in total. The van der Waals surface area contributed by atoms with E-state index in [4.69, 9.17) is 0 Å².